The van der Waals surface area contributed by atoms with Crippen LogP contribution in [-0.2, 0) is 13.5 Å². The van der Waals surface area contributed by atoms with Crippen LogP contribution in [0, 0.1) is 0 Å². The summed E-state index contributed by atoms with van der Waals surface area (Å²) in [5, 5.41) is 5.72. The van der Waals surface area contributed by atoms with Crippen LogP contribution < -0.4 is 0 Å². The summed E-state index contributed by atoms with van der Waals surface area (Å²) in [7, 11) is 1.88. The minimum Gasteiger partial charge on any atom is -0.337 e. The molecule has 1 saturated heterocycles. The number of nitrogens with zero attached hydrogens (tertiary/aromatic N) is 5. The molecule has 2 aliphatic rings. The van der Waals surface area contributed by atoms with Crippen molar-refractivity contribution >= 4 is 27.5 Å². The highest BCUT2D eigenvalue weighted by atomic mass is 32.1. The first-order chi connectivity index (χ1) is 13.7. The number of hydrogen-bond donors (Lipinski definition) is 0. The normalized spacial score (nSPS) is 18.8. The first-order valence-corrected chi connectivity index (χ1v) is 10.8. The summed E-state index contributed by atoms with van der Waals surface area (Å²) in [6, 6.07) is 8.56. The molecule has 2 aromatic heterocycles. The molecule has 1 fully saturated rings. The van der Waals surface area contributed by atoms with E-state index in [0.29, 0.717) is 5.92 Å². The Balaban J connectivity index is 1.17. The second-order valence-electron chi connectivity index (χ2n) is 7.89. The molecule has 6 nitrogen and oxygen atoms in total. The van der Waals surface area contributed by atoms with Gasteiger partial charge in [0.15, 0.2) is 0 Å². The number of carbonyl (C=O) groups excluding carboxylic acids is 1. The van der Waals surface area contributed by atoms with E-state index in [1.807, 2.05) is 18.1 Å². The molecule has 1 amide bonds. The molecular weight excluding hydrogens is 370 g/mol. The summed E-state index contributed by atoms with van der Waals surface area (Å²) in [6.07, 6.45) is 5.01. The number of carbonyl (C=O) groups is 1. The number of amides is 1. The smallest absolute Gasteiger partial charge is 0.257 e. The monoisotopic (exact) mass is 395 g/mol. The van der Waals surface area contributed by atoms with Gasteiger partial charge in [-0.25, -0.2) is 0 Å². The van der Waals surface area contributed by atoms with Crippen molar-refractivity contribution in [2.45, 2.75) is 25.2 Å². The molecule has 0 saturated carbocycles. The van der Waals surface area contributed by atoms with Crippen molar-refractivity contribution in [1.82, 2.24) is 24.0 Å². The van der Waals surface area contributed by atoms with Crippen LogP contribution in [0.5, 0.6) is 0 Å². The van der Waals surface area contributed by atoms with E-state index in [4.69, 9.17) is 4.37 Å². The van der Waals surface area contributed by atoms with Gasteiger partial charge < -0.3 is 9.80 Å². The number of benzene rings is 1. The first-order valence-electron chi connectivity index (χ1n) is 10.1. The molecule has 0 atom stereocenters. The molecule has 0 bridgehead atoms. The van der Waals surface area contributed by atoms with Crippen LogP contribution in [0.15, 0.2) is 30.5 Å². The van der Waals surface area contributed by atoms with Crippen molar-refractivity contribution in [1.29, 1.82) is 0 Å². The minimum absolute atomic E-state index is 0.137. The summed E-state index contributed by atoms with van der Waals surface area (Å²) in [6.45, 7) is 4.70. The number of likely N-dealkylation sites (tertiary alicyclic amines) is 1. The fraction of sp³-hybridized carbons (Fsp3) is 0.476. The summed E-state index contributed by atoms with van der Waals surface area (Å²) < 4.78 is 7.80. The predicted octanol–water partition coefficient (Wildman–Crippen LogP) is 2.91. The second kappa shape index (κ2) is 7.29. The average Bonchev–Trinajstić information content (AvgIpc) is 3.31. The minimum atomic E-state index is 0.137. The molecule has 1 aromatic carbocycles. The average molecular weight is 396 g/mol. The Morgan fingerprint density at radius 1 is 1.14 bits per heavy atom. The van der Waals surface area contributed by atoms with Gasteiger partial charge in [-0.15, -0.1) is 0 Å². The highest BCUT2D eigenvalue weighted by Crippen LogP contribution is 2.34. The van der Waals surface area contributed by atoms with Crippen LogP contribution in [-0.4, -0.2) is 62.6 Å². The third kappa shape index (κ3) is 3.22. The summed E-state index contributed by atoms with van der Waals surface area (Å²) >= 11 is 1.62. The molecule has 5 rings (SSSR count). The van der Waals surface area contributed by atoms with E-state index in [2.05, 4.69) is 34.3 Å². The van der Waals surface area contributed by atoms with Gasteiger partial charge in [-0.3, -0.25) is 9.48 Å². The van der Waals surface area contributed by atoms with Crippen LogP contribution in [0.2, 0.25) is 0 Å². The number of aryl methyl sites for hydroxylation is 1. The van der Waals surface area contributed by atoms with E-state index in [9.17, 15) is 4.79 Å². The Morgan fingerprint density at radius 2 is 1.96 bits per heavy atom. The van der Waals surface area contributed by atoms with E-state index in [1.165, 1.54) is 15.8 Å². The lowest BCUT2D eigenvalue weighted by molar-refractivity contribution is 0.0710. The van der Waals surface area contributed by atoms with E-state index < -0.39 is 0 Å². The standard InChI is InChI=1S/C21H25N5OS/c1-24-14-17-18(22-24)8-11-26(21(17)27)13-12-25-9-6-15(7-10-25)20-16-4-2-3-5-19(16)28-23-20/h2-5,14-15H,6-13H2,1H3. The van der Waals surface area contributed by atoms with Crippen LogP contribution >= 0.6 is 11.5 Å². The Kier molecular flexibility index (Phi) is 4.64. The Morgan fingerprint density at radius 3 is 2.82 bits per heavy atom. The lowest BCUT2D eigenvalue weighted by Gasteiger charge is -2.34. The lowest BCUT2D eigenvalue weighted by Crippen LogP contribution is -2.44. The Hall–Kier alpha value is -2.25. The van der Waals surface area contributed by atoms with E-state index in [-0.39, 0.29) is 5.91 Å². The highest BCUT2D eigenvalue weighted by Gasteiger charge is 2.28. The van der Waals surface area contributed by atoms with Gasteiger partial charge in [0, 0.05) is 50.6 Å². The van der Waals surface area contributed by atoms with Gasteiger partial charge in [0.25, 0.3) is 5.91 Å². The maximum absolute atomic E-state index is 12.7. The molecule has 146 valence electrons. The van der Waals surface area contributed by atoms with E-state index in [0.717, 1.165) is 63.2 Å². The Bertz CT molecular complexity index is 1000. The van der Waals surface area contributed by atoms with Crippen LogP contribution in [0.3, 0.4) is 0 Å². The fourth-order valence-corrected chi connectivity index (χ4v) is 5.37. The molecule has 4 heterocycles. The van der Waals surface area contributed by atoms with Crippen LogP contribution in [0.1, 0.15) is 40.5 Å². The van der Waals surface area contributed by atoms with Gasteiger partial charge in [-0.05, 0) is 43.5 Å². The zero-order valence-electron chi connectivity index (χ0n) is 16.2. The SMILES string of the molecule is Cn1cc2c(n1)CCN(CCN1CCC(c3nsc4ccccc34)CC1)C2=O. The first kappa shape index (κ1) is 17.8. The van der Waals surface area contributed by atoms with Crippen molar-refractivity contribution in [3.63, 3.8) is 0 Å². The maximum Gasteiger partial charge on any atom is 0.257 e. The number of hydrogen-bond acceptors (Lipinski definition) is 5. The van der Waals surface area contributed by atoms with Crippen molar-refractivity contribution in [3.8, 4) is 0 Å². The van der Waals surface area contributed by atoms with Gasteiger partial charge >= 0.3 is 0 Å². The van der Waals surface area contributed by atoms with Crippen molar-refractivity contribution in [3.05, 3.63) is 47.4 Å². The number of piperidine rings is 1. The summed E-state index contributed by atoms with van der Waals surface area (Å²) in [4.78, 5) is 17.2. The topological polar surface area (TPSA) is 54.3 Å². The van der Waals surface area contributed by atoms with Crippen LogP contribution in [0.25, 0.3) is 10.1 Å². The molecule has 3 aromatic rings. The van der Waals surface area contributed by atoms with E-state index >= 15 is 0 Å². The molecular formula is C21H25N5OS. The van der Waals surface area contributed by atoms with Crippen molar-refractivity contribution in [2.75, 3.05) is 32.7 Å². The van der Waals surface area contributed by atoms with E-state index in [1.54, 1.807) is 16.2 Å². The summed E-state index contributed by atoms with van der Waals surface area (Å²) in [5.41, 5.74) is 3.01. The Labute approximate surface area is 168 Å². The van der Waals surface area contributed by atoms with Gasteiger partial charge in [0.05, 0.1) is 21.7 Å². The number of aromatic nitrogens is 3. The van der Waals surface area contributed by atoms with Crippen molar-refractivity contribution < 1.29 is 4.79 Å². The van der Waals surface area contributed by atoms with Crippen LogP contribution in [0.4, 0.5) is 0 Å². The molecule has 0 unspecified atom stereocenters. The summed E-state index contributed by atoms with van der Waals surface area (Å²) in [5.74, 6) is 0.695. The number of rotatable bonds is 4. The fourth-order valence-electron chi connectivity index (χ4n) is 4.52. The molecule has 0 N–H and O–H groups in total. The zero-order valence-corrected chi connectivity index (χ0v) is 17.0. The largest absolute Gasteiger partial charge is 0.337 e. The zero-order chi connectivity index (χ0) is 19.1. The molecule has 0 radical (unpaired) electrons. The molecule has 28 heavy (non-hydrogen) atoms. The third-order valence-corrected chi connectivity index (χ3v) is 6.95. The predicted molar refractivity (Wildman–Crippen MR) is 111 cm³/mol. The van der Waals surface area contributed by atoms with Gasteiger partial charge in [-0.2, -0.15) is 9.47 Å². The molecule has 0 aliphatic carbocycles. The highest BCUT2D eigenvalue weighted by molar-refractivity contribution is 7.13. The molecule has 7 heteroatoms. The molecule has 2 aliphatic heterocycles. The maximum atomic E-state index is 12.7. The third-order valence-electron chi connectivity index (χ3n) is 6.11. The second-order valence-corrected chi connectivity index (χ2v) is 8.69. The van der Waals surface area contributed by atoms with Gasteiger partial charge in [-0.1, -0.05) is 18.2 Å². The van der Waals surface area contributed by atoms with Crippen molar-refractivity contribution in [2.24, 2.45) is 7.05 Å². The molecule has 0 spiro atoms. The number of fused-ring (bicyclic) bond motifs is 2. The van der Waals surface area contributed by atoms with Gasteiger partial charge in [0.2, 0.25) is 0 Å². The van der Waals surface area contributed by atoms with Gasteiger partial charge in [0.1, 0.15) is 0 Å². The lowest BCUT2D eigenvalue weighted by atomic mass is 9.91. The quantitative estimate of drug-likeness (QED) is 0.682.